The van der Waals surface area contributed by atoms with Crippen molar-refractivity contribution in [1.82, 2.24) is 25.3 Å². The van der Waals surface area contributed by atoms with Gasteiger partial charge in [0.05, 0.1) is 28.8 Å². The van der Waals surface area contributed by atoms with Crippen LogP contribution in [0.2, 0.25) is 0 Å². The molecular formula is C23H25N7. The van der Waals surface area contributed by atoms with Crippen molar-refractivity contribution in [3.8, 4) is 11.3 Å². The Balaban J connectivity index is 1.50. The molecule has 0 aliphatic carbocycles. The molecule has 6 rings (SSSR count). The van der Waals surface area contributed by atoms with Crippen molar-refractivity contribution in [2.45, 2.75) is 25.7 Å². The first-order valence-electron chi connectivity index (χ1n) is 10.8. The molecule has 0 radical (unpaired) electrons. The number of hydrogen-bond acceptors (Lipinski definition) is 6. The van der Waals surface area contributed by atoms with Crippen molar-refractivity contribution < 1.29 is 0 Å². The highest BCUT2D eigenvalue weighted by atomic mass is 15.3. The molecule has 3 aliphatic rings. The molecule has 7 heteroatoms. The van der Waals surface area contributed by atoms with E-state index in [1.807, 2.05) is 0 Å². The number of dihydropyridines is 1. The average molecular weight is 400 g/mol. The van der Waals surface area contributed by atoms with Gasteiger partial charge in [0.1, 0.15) is 5.82 Å². The number of nitrogens with one attached hydrogen (secondary N) is 2. The smallest absolute Gasteiger partial charge is 0.227 e. The molecule has 0 amide bonds. The average Bonchev–Trinajstić information content (AvgIpc) is 3.46. The van der Waals surface area contributed by atoms with Crippen molar-refractivity contribution in [2.75, 3.05) is 36.0 Å². The summed E-state index contributed by atoms with van der Waals surface area (Å²) in [5.41, 5.74) is 6.58. The number of allylic oxidation sites excluding steroid dienone is 1. The van der Waals surface area contributed by atoms with Gasteiger partial charge in [-0.3, -0.25) is 0 Å². The van der Waals surface area contributed by atoms with Gasteiger partial charge in [0.2, 0.25) is 5.95 Å². The summed E-state index contributed by atoms with van der Waals surface area (Å²) >= 11 is 0. The summed E-state index contributed by atoms with van der Waals surface area (Å²) in [6.45, 7) is 3.86. The Morgan fingerprint density at radius 3 is 2.80 bits per heavy atom. The number of anilines is 2. The van der Waals surface area contributed by atoms with Crippen LogP contribution in [0.1, 0.15) is 24.8 Å². The minimum Gasteiger partial charge on any atom is -0.386 e. The van der Waals surface area contributed by atoms with Crippen molar-refractivity contribution in [2.24, 2.45) is 0 Å². The third kappa shape index (κ3) is 2.93. The molecule has 2 aromatic heterocycles. The van der Waals surface area contributed by atoms with Gasteiger partial charge >= 0.3 is 0 Å². The summed E-state index contributed by atoms with van der Waals surface area (Å²) in [7, 11) is 0. The fourth-order valence-corrected chi connectivity index (χ4v) is 4.68. The van der Waals surface area contributed by atoms with Crippen LogP contribution in [0, 0.1) is 0 Å². The van der Waals surface area contributed by atoms with E-state index in [1.54, 1.807) is 6.33 Å². The number of hydrogen-bond donors (Lipinski definition) is 2. The van der Waals surface area contributed by atoms with Crippen molar-refractivity contribution in [1.29, 1.82) is 0 Å². The molecule has 0 saturated carbocycles. The molecular weight excluding hydrogens is 374 g/mol. The molecule has 3 aromatic rings. The maximum Gasteiger partial charge on any atom is 0.227 e. The number of fused-ring (bicyclic) bond motifs is 2. The summed E-state index contributed by atoms with van der Waals surface area (Å²) in [5, 5.41) is 3.33. The van der Waals surface area contributed by atoms with Gasteiger partial charge in [-0.25, -0.2) is 9.97 Å². The molecule has 3 aliphatic heterocycles. The van der Waals surface area contributed by atoms with Crippen LogP contribution in [0.4, 0.5) is 11.8 Å². The van der Waals surface area contributed by atoms with Crippen LogP contribution >= 0.6 is 0 Å². The molecule has 152 valence electrons. The maximum atomic E-state index is 5.11. The first-order valence-corrected chi connectivity index (χ1v) is 10.8. The van der Waals surface area contributed by atoms with E-state index >= 15 is 0 Å². The van der Waals surface area contributed by atoms with Gasteiger partial charge in [0.15, 0.2) is 0 Å². The first-order chi connectivity index (χ1) is 14.9. The topological polar surface area (TPSA) is 73.0 Å². The Hall–Kier alpha value is -3.35. The number of H-pyrrole nitrogens is 1. The lowest BCUT2D eigenvalue weighted by molar-refractivity contribution is 0.568. The number of nitrogens with zero attached hydrogens (tertiary/aromatic N) is 5. The third-order valence-corrected chi connectivity index (χ3v) is 6.23. The van der Waals surface area contributed by atoms with E-state index in [9.17, 15) is 0 Å². The van der Waals surface area contributed by atoms with E-state index in [1.165, 1.54) is 30.5 Å². The second kappa shape index (κ2) is 7.16. The molecule has 0 unspecified atom stereocenters. The Morgan fingerprint density at radius 2 is 1.93 bits per heavy atom. The van der Waals surface area contributed by atoms with E-state index in [0.717, 1.165) is 66.7 Å². The maximum absolute atomic E-state index is 5.11. The van der Waals surface area contributed by atoms with E-state index < -0.39 is 0 Å². The van der Waals surface area contributed by atoms with Crippen LogP contribution in [0.25, 0.3) is 22.3 Å². The molecule has 2 N–H and O–H groups in total. The van der Waals surface area contributed by atoms with E-state index in [4.69, 9.17) is 9.97 Å². The second-order valence-corrected chi connectivity index (χ2v) is 8.14. The number of imidazole rings is 1. The minimum absolute atomic E-state index is 0.855. The number of benzene rings is 1. The van der Waals surface area contributed by atoms with Crippen LogP contribution in [-0.4, -0.2) is 46.1 Å². The van der Waals surface area contributed by atoms with Gasteiger partial charge in [0.25, 0.3) is 0 Å². The monoisotopic (exact) mass is 399 g/mol. The van der Waals surface area contributed by atoms with E-state index in [2.05, 4.69) is 61.6 Å². The Labute approximate surface area is 175 Å². The van der Waals surface area contributed by atoms with Gasteiger partial charge < -0.3 is 20.1 Å². The molecule has 1 fully saturated rings. The zero-order valence-electron chi connectivity index (χ0n) is 16.9. The summed E-state index contributed by atoms with van der Waals surface area (Å²) in [6, 6.07) is 6.37. The van der Waals surface area contributed by atoms with Crippen molar-refractivity contribution in [3.05, 3.63) is 54.1 Å². The standard InChI is InChI=1S/C23H25N7/c1-2-10-29(11-3-1)23-27-21(16-6-7-19-20(13-16)26-15-25-19)18-8-12-30(22(18)28-23)17-5-4-9-24-14-17/h4-7,13-15,24H,1-3,8-12H2,(H,25,26). The van der Waals surface area contributed by atoms with Crippen LogP contribution < -0.4 is 15.1 Å². The Kier molecular flexibility index (Phi) is 4.18. The lowest BCUT2D eigenvalue weighted by atomic mass is 10.0. The van der Waals surface area contributed by atoms with Crippen molar-refractivity contribution in [3.63, 3.8) is 0 Å². The van der Waals surface area contributed by atoms with Crippen molar-refractivity contribution >= 4 is 22.8 Å². The summed E-state index contributed by atoms with van der Waals surface area (Å²) in [6.07, 6.45) is 12.8. The zero-order valence-corrected chi connectivity index (χ0v) is 16.9. The largest absolute Gasteiger partial charge is 0.386 e. The van der Waals surface area contributed by atoms with E-state index in [-0.39, 0.29) is 0 Å². The Bertz CT molecular complexity index is 1150. The molecule has 30 heavy (non-hydrogen) atoms. The van der Waals surface area contributed by atoms with Crippen LogP contribution in [0.3, 0.4) is 0 Å². The zero-order chi connectivity index (χ0) is 19.9. The second-order valence-electron chi connectivity index (χ2n) is 8.14. The number of aromatic amines is 1. The normalized spacial score (nSPS) is 18.5. The first kappa shape index (κ1) is 17.5. The van der Waals surface area contributed by atoms with Gasteiger partial charge in [-0.2, -0.15) is 4.98 Å². The molecule has 7 nitrogen and oxygen atoms in total. The number of rotatable bonds is 3. The highest BCUT2D eigenvalue weighted by molar-refractivity contribution is 5.83. The van der Waals surface area contributed by atoms with Gasteiger partial charge in [-0.05, 0) is 43.9 Å². The molecule has 0 atom stereocenters. The van der Waals surface area contributed by atoms with Crippen LogP contribution in [0.15, 0.2) is 48.6 Å². The van der Waals surface area contributed by atoms with Gasteiger partial charge in [-0.15, -0.1) is 0 Å². The molecule has 1 saturated heterocycles. The molecule has 0 bridgehead atoms. The van der Waals surface area contributed by atoms with Gasteiger partial charge in [-0.1, -0.05) is 12.1 Å². The Morgan fingerprint density at radius 1 is 1.00 bits per heavy atom. The van der Waals surface area contributed by atoms with E-state index in [0.29, 0.717) is 0 Å². The lowest BCUT2D eigenvalue weighted by Crippen LogP contribution is -2.32. The van der Waals surface area contributed by atoms with Crippen LogP contribution in [-0.2, 0) is 6.42 Å². The highest BCUT2D eigenvalue weighted by Crippen LogP contribution is 2.38. The minimum atomic E-state index is 0.855. The predicted octanol–water partition coefficient (Wildman–Crippen LogP) is 3.37. The lowest BCUT2D eigenvalue weighted by Gasteiger charge is -2.29. The quantitative estimate of drug-likeness (QED) is 0.704. The predicted molar refractivity (Wildman–Crippen MR) is 119 cm³/mol. The highest BCUT2D eigenvalue weighted by Gasteiger charge is 2.29. The SMILES string of the molecule is C1=CC(N2CCc3c(-c4ccc5nc[nH]c5c4)nc(N4CCCCC4)nc32)=CNC1. The summed E-state index contributed by atoms with van der Waals surface area (Å²) < 4.78 is 0. The molecule has 1 aromatic carbocycles. The summed E-state index contributed by atoms with van der Waals surface area (Å²) in [5.74, 6) is 1.90. The molecule has 5 heterocycles. The number of piperidine rings is 1. The number of aromatic nitrogens is 4. The van der Waals surface area contributed by atoms with Crippen LogP contribution in [0.5, 0.6) is 0 Å². The third-order valence-electron chi connectivity index (χ3n) is 6.23. The molecule has 0 spiro atoms. The fourth-order valence-electron chi connectivity index (χ4n) is 4.68. The van der Waals surface area contributed by atoms with Gasteiger partial charge in [0, 0.05) is 43.5 Å². The fraction of sp³-hybridized carbons (Fsp3) is 0.348. The summed E-state index contributed by atoms with van der Waals surface area (Å²) in [4.78, 5) is 22.5.